The van der Waals surface area contributed by atoms with Crippen LogP contribution >= 0.6 is 0 Å². The average molecular weight is 294 g/mol. The van der Waals surface area contributed by atoms with Gasteiger partial charge in [-0.1, -0.05) is 0 Å². The molecule has 0 fully saturated rings. The van der Waals surface area contributed by atoms with Crippen LogP contribution in [0.25, 0.3) is 0 Å². The van der Waals surface area contributed by atoms with Gasteiger partial charge in [0.2, 0.25) is 0 Å². The molecule has 0 aliphatic carbocycles. The van der Waals surface area contributed by atoms with Gasteiger partial charge in [0.25, 0.3) is 0 Å². The van der Waals surface area contributed by atoms with Gasteiger partial charge in [-0.2, -0.15) is 0 Å². The molecule has 0 bridgehead atoms. The summed E-state index contributed by atoms with van der Waals surface area (Å²) in [6.07, 6.45) is -0.262. The molecule has 0 spiro atoms. The topological polar surface area (TPSA) is 52.6 Å². The molecule has 0 radical (unpaired) electrons. The van der Waals surface area contributed by atoms with Crippen LogP contribution in [-0.4, -0.2) is 12.1 Å². The van der Waals surface area contributed by atoms with Gasteiger partial charge in [0, 0.05) is 0 Å². The van der Waals surface area contributed by atoms with Crippen molar-refractivity contribution >= 4 is 5.97 Å². The van der Waals surface area contributed by atoms with Gasteiger partial charge in [-0.3, -0.25) is 0 Å². The van der Waals surface area contributed by atoms with Crippen molar-refractivity contribution in [1.82, 2.24) is 0 Å². The van der Waals surface area contributed by atoms with E-state index in [0.717, 1.165) is 0 Å². The van der Waals surface area contributed by atoms with Crippen LogP contribution in [0.2, 0.25) is 8.45 Å². The molecule has 0 unspecified atom stereocenters. The fourth-order valence-corrected chi connectivity index (χ4v) is 7.97. The van der Waals surface area contributed by atoms with Crippen molar-refractivity contribution in [2.75, 3.05) is 0 Å². The van der Waals surface area contributed by atoms with Crippen LogP contribution in [0.5, 0.6) is 0 Å². The van der Waals surface area contributed by atoms with E-state index >= 15 is 0 Å². The number of rotatable bonds is 6. The Labute approximate surface area is 112 Å². The number of carbonyl (C=O) groups is 1. The van der Waals surface area contributed by atoms with E-state index < -0.39 is 22.0 Å². The van der Waals surface area contributed by atoms with E-state index in [2.05, 4.69) is 6.58 Å². The van der Waals surface area contributed by atoms with Crippen LogP contribution in [0.3, 0.4) is 0 Å². The third kappa shape index (κ3) is 3.37. The van der Waals surface area contributed by atoms with Gasteiger partial charge in [0.1, 0.15) is 0 Å². The summed E-state index contributed by atoms with van der Waals surface area (Å²) in [6, 6.07) is 0. The van der Waals surface area contributed by atoms with Crippen molar-refractivity contribution in [2.45, 2.75) is 63.0 Å². The van der Waals surface area contributed by atoms with Gasteiger partial charge < -0.3 is 0 Å². The molecule has 0 amide bonds. The molecular formula is C13H26O4Ti. The summed E-state index contributed by atoms with van der Waals surface area (Å²) < 4.78 is 23.9. The van der Waals surface area contributed by atoms with Crippen molar-refractivity contribution in [1.29, 1.82) is 0 Å². The molecule has 0 heterocycles. The van der Waals surface area contributed by atoms with Gasteiger partial charge in [0.05, 0.1) is 0 Å². The van der Waals surface area contributed by atoms with Gasteiger partial charge in [-0.15, -0.1) is 0 Å². The Hall–Kier alpha value is -0.316. The second-order valence-corrected chi connectivity index (χ2v) is 13.6. The van der Waals surface area contributed by atoms with Crippen LogP contribution in [0.15, 0.2) is 12.2 Å². The Morgan fingerprint density at radius 1 is 1.06 bits per heavy atom. The van der Waals surface area contributed by atoms with Gasteiger partial charge in [-0.25, -0.2) is 0 Å². The average Bonchev–Trinajstić information content (AvgIpc) is 2.15. The first-order chi connectivity index (χ1) is 7.94. The Bertz CT molecular complexity index is 382. The molecule has 106 valence electrons. The van der Waals surface area contributed by atoms with Gasteiger partial charge in [-0.05, 0) is 0 Å². The number of carbonyl (C=O) groups excluding carboxylic acids is 1. The fraction of sp³-hybridized carbons (Fsp3) is 0.769. The first kappa shape index (κ1) is 17.7. The van der Waals surface area contributed by atoms with E-state index in [9.17, 15) is 8.12 Å². The zero-order chi connectivity index (χ0) is 14.7. The Balaban J connectivity index is 5.73. The van der Waals surface area contributed by atoms with Crippen molar-refractivity contribution in [3.8, 4) is 0 Å². The van der Waals surface area contributed by atoms with Crippen molar-refractivity contribution in [2.24, 2.45) is 0 Å². The zero-order valence-electron chi connectivity index (χ0n) is 12.6. The molecule has 5 heteroatoms. The predicted molar refractivity (Wildman–Crippen MR) is 68.0 cm³/mol. The van der Waals surface area contributed by atoms with E-state index in [1.54, 1.807) is 41.5 Å². The summed E-state index contributed by atoms with van der Waals surface area (Å²) in [4.78, 5) is 11.8. The summed E-state index contributed by atoms with van der Waals surface area (Å²) in [7, 11) is 0. The fourth-order valence-electron chi connectivity index (χ4n) is 1.93. The summed E-state index contributed by atoms with van der Waals surface area (Å²) in [5.74, 6) is -0.634. The Morgan fingerprint density at radius 2 is 1.44 bits per heavy atom. The van der Waals surface area contributed by atoms with Gasteiger partial charge >= 0.3 is 112 Å². The Morgan fingerprint density at radius 3 is 1.67 bits per heavy atom. The molecule has 0 saturated heterocycles. The van der Waals surface area contributed by atoms with Crippen molar-refractivity contribution < 1.29 is 30.8 Å². The van der Waals surface area contributed by atoms with Crippen LogP contribution in [0.1, 0.15) is 48.5 Å². The van der Waals surface area contributed by atoms with E-state index in [1.807, 2.05) is 0 Å². The Kier molecular flexibility index (Phi) is 5.66. The van der Waals surface area contributed by atoms with E-state index in [0.29, 0.717) is 0 Å². The second-order valence-electron chi connectivity index (χ2n) is 5.77. The molecule has 0 N–H and O–H groups in total. The molecule has 0 atom stereocenters. The molecule has 0 aromatic heterocycles. The normalized spacial score (nSPS) is 13.3. The first-order valence-corrected chi connectivity index (χ1v) is 10.1. The molecular weight excluding hydrogens is 268 g/mol. The summed E-state index contributed by atoms with van der Waals surface area (Å²) in [5, 5.41) is 0. The molecule has 0 aliphatic rings. The summed E-state index contributed by atoms with van der Waals surface area (Å²) in [6.45, 7) is 15.8. The predicted octanol–water partition coefficient (Wildman–Crippen LogP) is 4.05. The molecule has 0 aliphatic heterocycles. The minimum atomic E-state index is -5.08. The minimum absolute atomic E-state index is 0.231. The zero-order valence-corrected chi connectivity index (χ0v) is 14.1. The standard InChI is InChI=1S/C4H6O2.C3H7O.2C3H7.O.Ti/c1-3(2)4(5)6;1-3(2)4;2*1-3-2;;/h1H2,2H3,(H,5,6);3H,1-2H3;2*3H,1-2H3;;/q;-1;;;;+2/p-1. The van der Waals surface area contributed by atoms with Crippen LogP contribution in [0.4, 0.5) is 0 Å². The van der Waals surface area contributed by atoms with E-state index in [-0.39, 0.29) is 20.1 Å². The summed E-state index contributed by atoms with van der Waals surface area (Å²) >= 11 is -5.08. The SMILES string of the molecule is C=C(C)C(=O)[O][Ti](=[O])([O]C(C)C)([CH](C)C)[CH](C)C. The monoisotopic (exact) mass is 294 g/mol. The van der Waals surface area contributed by atoms with Crippen LogP contribution < -0.4 is 0 Å². The molecule has 0 rings (SSSR count). The third-order valence-corrected chi connectivity index (χ3v) is 12.1. The molecule has 0 saturated carbocycles. The van der Waals surface area contributed by atoms with Crippen LogP contribution in [0, 0.1) is 0 Å². The molecule has 0 aromatic carbocycles. The van der Waals surface area contributed by atoms with Crippen molar-refractivity contribution in [3.63, 3.8) is 0 Å². The summed E-state index contributed by atoms with van der Waals surface area (Å²) in [5.41, 5.74) is 0.231. The van der Waals surface area contributed by atoms with E-state index in [1.165, 1.54) is 6.92 Å². The maximum absolute atomic E-state index is 13.5. The maximum atomic E-state index is 13.5. The number of hydrogen-bond acceptors (Lipinski definition) is 4. The molecule has 18 heavy (non-hydrogen) atoms. The third-order valence-electron chi connectivity index (χ3n) is 3.19. The first-order valence-electron chi connectivity index (χ1n) is 6.40. The van der Waals surface area contributed by atoms with Crippen LogP contribution in [-0.2, 0) is 30.8 Å². The quantitative estimate of drug-likeness (QED) is 0.547. The number of hydrogen-bond donors (Lipinski definition) is 0. The molecule has 0 aromatic rings. The molecule has 4 nitrogen and oxygen atoms in total. The van der Waals surface area contributed by atoms with Gasteiger partial charge in [0.15, 0.2) is 0 Å². The second kappa shape index (κ2) is 5.76. The van der Waals surface area contributed by atoms with E-state index in [4.69, 9.17) is 6.64 Å². The van der Waals surface area contributed by atoms with Crippen molar-refractivity contribution in [3.05, 3.63) is 12.2 Å².